The molecule has 3 unspecified atom stereocenters. The molecule has 3 aromatic carbocycles. The summed E-state index contributed by atoms with van der Waals surface area (Å²) in [7, 11) is 0. The molecule has 0 radical (unpaired) electrons. The maximum Gasteiger partial charge on any atom is 0.307 e. The Hall–Kier alpha value is -4.24. The highest BCUT2D eigenvalue weighted by molar-refractivity contribution is 8.00. The fourth-order valence-corrected chi connectivity index (χ4v) is 5.62. The number of anilines is 2. The van der Waals surface area contributed by atoms with Crippen molar-refractivity contribution in [2.45, 2.75) is 23.0 Å². The second kappa shape index (κ2) is 12.1. The first kappa shape index (κ1) is 26.4. The summed E-state index contributed by atoms with van der Waals surface area (Å²) in [4.78, 5) is 38.6. The molecule has 3 N–H and O–H groups in total. The van der Waals surface area contributed by atoms with Gasteiger partial charge in [-0.05, 0) is 54.8 Å². The van der Waals surface area contributed by atoms with E-state index in [2.05, 4.69) is 10.6 Å². The molecule has 2 aliphatic rings. The third kappa shape index (κ3) is 6.43. The van der Waals surface area contributed by atoms with Gasteiger partial charge in [-0.1, -0.05) is 42.5 Å². The molecule has 200 valence electrons. The Morgan fingerprint density at radius 1 is 0.795 bits per heavy atom. The molecular weight excluding hydrogens is 516 g/mol. The standard InChI is InChI=1S/C30H28N2O6S/c33-28(23-8-4-5-9-24(23)30(35)36)31-20-10-13-22(14-11-20)39-27(19-6-2-1-3-7-19)29(34)32-21-12-15-25-26(18-21)38-17-16-37-25/h1-7,10-15,18,23-24,27H,8-9,16-17H2,(H,31,33)(H,32,34)(H,35,36). The Balaban J connectivity index is 1.28. The number of aliphatic carboxylic acids is 1. The first-order chi connectivity index (χ1) is 19.0. The van der Waals surface area contributed by atoms with E-state index >= 15 is 0 Å². The third-order valence-electron chi connectivity index (χ3n) is 6.61. The number of rotatable bonds is 8. The Kier molecular flexibility index (Phi) is 8.17. The molecule has 1 heterocycles. The van der Waals surface area contributed by atoms with Crippen molar-refractivity contribution in [1.29, 1.82) is 0 Å². The number of fused-ring (bicyclic) bond motifs is 1. The lowest BCUT2D eigenvalue weighted by molar-refractivity contribution is -0.146. The van der Waals surface area contributed by atoms with Gasteiger partial charge in [0.15, 0.2) is 11.5 Å². The van der Waals surface area contributed by atoms with Gasteiger partial charge in [-0.3, -0.25) is 14.4 Å². The number of hydrogen-bond donors (Lipinski definition) is 3. The molecule has 1 aliphatic heterocycles. The summed E-state index contributed by atoms with van der Waals surface area (Å²) in [6, 6.07) is 22.0. The molecule has 5 rings (SSSR count). The van der Waals surface area contributed by atoms with Crippen LogP contribution in [0.1, 0.15) is 23.7 Å². The first-order valence-corrected chi connectivity index (χ1v) is 13.6. The van der Waals surface area contributed by atoms with Gasteiger partial charge in [0.05, 0.1) is 11.8 Å². The van der Waals surface area contributed by atoms with Gasteiger partial charge in [-0.25, -0.2) is 0 Å². The number of amides is 2. The number of carbonyl (C=O) groups excluding carboxylic acids is 2. The molecule has 0 fully saturated rings. The van der Waals surface area contributed by atoms with Crippen molar-refractivity contribution in [3.63, 3.8) is 0 Å². The lowest BCUT2D eigenvalue weighted by Crippen LogP contribution is -2.34. The number of benzene rings is 3. The van der Waals surface area contributed by atoms with E-state index in [-0.39, 0.29) is 11.8 Å². The summed E-state index contributed by atoms with van der Waals surface area (Å²) >= 11 is 1.39. The summed E-state index contributed by atoms with van der Waals surface area (Å²) in [5.41, 5.74) is 2.03. The minimum Gasteiger partial charge on any atom is -0.486 e. The van der Waals surface area contributed by atoms with E-state index in [1.54, 1.807) is 30.3 Å². The van der Waals surface area contributed by atoms with E-state index < -0.39 is 23.1 Å². The molecule has 2 amide bonds. The molecule has 39 heavy (non-hydrogen) atoms. The second-order valence-corrected chi connectivity index (χ2v) is 10.4. The molecule has 1 aliphatic carbocycles. The first-order valence-electron chi connectivity index (χ1n) is 12.7. The van der Waals surface area contributed by atoms with Gasteiger partial charge < -0.3 is 25.2 Å². The average Bonchev–Trinajstić information content (AvgIpc) is 2.97. The highest BCUT2D eigenvalue weighted by atomic mass is 32.2. The third-order valence-corrected chi connectivity index (χ3v) is 7.88. The van der Waals surface area contributed by atoms with Gasteiger partial charge in [0.25, 0.3) is 0 Å². The lowest BCUT2D eigenvalue weighted by atomic mass is 9.82. The number of carboxylic acid groups (broad SMARTS) is 1. The zero-order valence-electron chi connectivity index (χ0n) is 21.0. The Morgan fingerprint density at radius 3 is 2.18 bits per heavy atom. The van der Waals surface area contributed by atoms with Gasteiger partial charge in [-0.2, -0.15) is 0 Å². The van der Waals surface area contributed by atoms with E-state index in [1.807, 2.05) is 54.6 Å². The number of nitrogens with one attached hydrogen (secondary N) is 2. The van der Waals surface area contributed by atoms with Crippen LogP contribution in [0.2, 0.25) is 0 Å². The molecule has 3 atom stereocenters. The van der Waals surface area contributed by atoms with Crippen LogP contribution < -0.4 is 20.1 Å². The minimum atomic E-state index is -0.965. The highest BCUT2D eigenvalue weighted by Crippen LogP contribution is 2.38. The zero-order chi connectivity index (χ0) is 27.2. The summed E-state index contributed by atoms with van der Waals surface area (Å²) in [6.45, 7) is 0.954. The van der Waals surface area contributed by atoms with Crippen molar-refractivity contribution in [1.82, 2.24) is 0 Å². The second-order valence-electron chi connectivity index (χ2n) is 9.26. The monoisotopic (exact) mass is 544 g/mol. The van der Waals surface area contributed by atoms with Crippen LogP contribution in [0.4, 0.5) is 11.4 Å². The van der Waals surface area contributed by atoms with Gasteiger partial charge in [0.1, 0.15) is 18.5 Å². The van der Waals surface area contributed by atoms with E-state index in [9.17, 15) is 19.5 Å². The van der Waals surface area contributed by atoms with Crippen LogP contribution in [0.15, 0.2) is 89.8 Å². The summed E-state index contributed by atoms with van der Waals surface area (Å²) < 4.78 is 11.2. The van der Waals surface area contributed by atoms with Gasteiger partial charge >= 0.3 is 5.97 Å². The largest absolute Gasteiger partial charge is 0.486 e. The summed E-state index contributed by atoms with van der Waals surface area (Å²) in [5.74, 6) is -1.57. The zero-order valence-corrected chi connectivity index (χ0v) is 21.9. The fourth-order valence-electron chi connectivity index (χ4n) is 4.59. The van der Waals surface area contributed by atoms with Gasteiger partial charge in [0, 0.05) is 22.3 Å². The van der Waals surface area contributed by atoms with Crippen molar-refractivity contribution in [3.05, 3.63) is 90.5 Å². The minimum absolute atomic E-state index is 0.190. The molecule has 0 saturated heterocycles. The number of carbonyl (C=O) groups is 3. The molecule has 8 nitrogen and oxygen atoms in total. The molecule has 9 heteroatoms. The van der Waals surface area contributed by atoms with Gasteiger partial charge in [0.2, 0.25) is 11.8 Å². The van der Waals surface area contributed by atoms with Crippen LogP contribution in [-0.4, -0.2) is 36.1 Å². The van der Waals surface area contributed by atoms with Gasteiger partial charge in [-0.15, -0.1) is 11.8 Å². The van der Waals surface area contributed by atoms with Crippen LogP contribution in [0, 0.1) is 11.8 Å². The molecule has 0 bridgehead atoms. The lowest BCUT2D eigenvalue weighted by Gasteiger charge is -2.24. The molecule has 0 spiro atoms. The Labute approximate surface area is 230 Å². The normalized spacial score (nSPS) is 18.6. The van der Waals surface area contributed by atoms with Crippen LogP contribution in [0.5, 0.6) is 11.5 Å². The smallest absolute Gasteiger partial charge is 0.307 e. The number of thioether (sulfide) groups is 1. The number of allylic oxidation sites excluding steroid dienone is 2. The predicted octanol–water partition coefficient (Wildman–Crippen LogP) is 5.54. The summed E-state index contributed by atoms with van der Waals surface area (Å²) in [5, 5.41) is 14.8. The van der Waals surface area contributed by atoms with E-state index in [1.165, 1.54) is 11.8 Å². The SMILES string of the molecule is O=C(Nc1ccc2c(c1)OCCO2)C(Sc1ccc(NC(=O)C2CC=CCC2C(=O)O)cc1)c1ccccc1. The van der Waals surface area contributed by atoms with Crippen LogP contribution >= 0.6 is 11.8 Å². The predicted molar refractivity (Wildman–Crippen MR) is 149 cm³/mol. The fraction of sp³-hybridized carbons (Fsp3) is 0.233. The Morgan fingerprint density at radius 2 is 1.46 bits per heavy atom. The topological polar surface area (TPSA) is 114 Å². The van der Waals surface area contributed by atoms with Crippen molar-refractivity contribution in [2.24, 2.45) is 11.8 Å². The van der Waals surface area contributed by atoms with E-state index in [0.29, 0.717) is 48.9 Å². The van der Waals surface area contributed by atoms with E-state index in [4.69, 9.17) is 9.47 Å². The molecular formula is C30H28N2O6S. The number of hydrogen-bond acceptors (Lipinski definition) is 6. The molecule has 0 aromatic heterocycles. The van der Waals surface area contributed by atoms with Crippen LogP contribution in [0.3, 0.4) is 0 Å². The number of carboxylic acids is 1. The van der Waals surface area contributed by atoms with Crippen molar-refractivity contribution < 1.29 is 29.0 Å². The van der Waals surface area contributed by atoms with Crippen molar-refractivity contribution in [2.75, 3.05) is 23.8 Å². The quantitative estimate of drug-likeness (QED) is 0.252. The number of ether oxygens (including phenoxy) is 2. The average molecular weight is 545 g/mol. The van der Waals surface area contributed by atoms with Crippen molar-refractivity contribution in [3.8, 4) is 11.5 Å². The Bertz CT molecular complexity index is 1380. The molecule has 3 aromatic rings. The van der Waals surface area contributed by atoms with Crippen LogP contribution in [-0.2, 0) is 14.4 Å². The maximum absolute atomic E-state index is 13.4. The molecule has 0 saturated carbocycles. The van der Waals surface area contributed by atoms with Crippen molar-refractivity contribution >= 4 is 40.9 Å². The van der Waals surface area contributed by atoms with Crippen LogP contribution in [0.25, 0.3) is 0 Å². The summed E-state index contributed by atoms with van der Waals surface area (Å²) in [6.07, 6.45) is 4.40. The van der Waals surface area contributed by atoms with E-state index in [0.717, 1.165) is 10.5 Å². The maximum atomic E-state index is 13.4. The highest BCUT2D eigenvalue weighted by Gasteiger charge is 2.34.